The fraction of sp³-hybridized carbons (Fsp3) is 0.0714. The average Bonchev–Trinajstić information content (AvgIpc) is 2.38. The number of halogens is 3. The Kier molecular flexibility index (Phi) is 4.86. The normalized spacial score (nSPS) is 10.3. The van der Waals surface area contributed by atoms with Gasteiger partial charge in [0.1, 0.15) is 0 Å². The molecule has 2 aromatic rings. The molecule has 2 rings (SSSR count). The maximum absolute atomic E-state index is 11.9. The third kappa shape index (κ3) is 3.96. The monoisotopic (exact) mass is 357 g/mol. The number of benzene rings is 2. The molecule has 0 saturated carbocycles. The molecule has 0 aliphatic carbocycles. The van der Waals surface area contributed by atoms with Crippen LogP contribution < -0.4 is 5.32 Å². The summed E-state index contributed by atoms with van der Waals surface area (Å²) in [6.07, 6.45) is 0.288. The Bertz CT molecular complexity index is 599. The molecule has 0 unspecified atom stereocenters. The van der Waals surface area contributed by atoms with Crippen LogP contribution >= 0.6 is 39.1 Å². The summed E-state index contributed by atoms with van der Waals surface area (Å²) < 4.78 is 0.981. The lowest BCUT2D eigenvalue weighted by molar-refractivity contribution is -0.115. The predicted octanol–water partition coefficient (Wildman–Crippen LogP) is 4.94. The van der Waals surface area contributed by atoms with Crippen LogP contribution in [0, 0.1) is 0 Å². The number of hydrogen-bond acceptors (Lipinski definition) is 1. The molecule has 1 amide bonds. The van der Waals surface area contributed by atoms with Gasteiger partial charge in [-0.1, -0.05) is 57.3 Å². The standard InChI is InChI=1S/C14H10BrCl2NO/c15-10-6-4-9(5-7-10)8-13(19)18-12-3-1-2-11(16)14(12)17/h1-7H,8H2,(H,18,19). The zero-order chi connectivity index (χ0) is 13.8. The van der Waals surface area contributed by atoms with Gasteiger partial charge in [-0.3, -0.25) is 4.79 Å². The highest BCUT2D eigenvalue weighted by Gasteiger charge is 2.08. The number of nitrogens with one attached hydrogen (secondary N) is 1. The number of hydrogen-bond donors (Lipinski definition) is 1. The Morgan fingerprint density at radius 1 is 1.11 bits per heavy atom. The van der Waals surface area contributed by atoms with Gasteiger partial charge in [-0.2, -0.15) is 0 Å². The zero-order valence-electron chi connectivity index (χ0n) is 9.79. The minimum Gasteiger partial charge on any atom is -0.324 e. The average molecular weight is 359 g/mol. The van der Waals surface area contributed by atoms with Gasteiger partial charge in [0, 0.05) is 4.47 Å². The van der Waals surface area contributed by atoms with Crippen molar-refractivity contribution in [2.75, 3.05) is 5.32 Å². The van der Waals surface area contributed by atoms with E-state index in [4.69, 9.17) is 23.2 Å². The second-order valence-electron chi connectivity index (χ2n) is 3.95. The molecule has 0 atom stereocenters. The van der Waals surface area contributed by atoms with Crippen molar-refractivity contribution in [3.8, 4) is 0 Å². The summed E-state index contributed by atoms with van der Waals surface area (Å²) in [6.45, 7) is 0. The summed E-state index contributed by atoms with van der Waals surface area (Å²) in [5, 5.41) is 3.52. The van der Waals surface area contributed by atoms with Crippen molar-refractivity contribution in [3.63, 3.8) is 0 Å². The van der Waals surface area contributed by atoms with Crippen molar-refractivity contribution in [1.82, 2.24) is 0 Å². The van der Waals surface area contributed by atoms with E-state index in [0.29, 0.717) is 15.7 Å². The minimum atomic E-state index is -0.133. The van der Waals surface area contributed by atoms with Gasteiger partial charge in [-0.05, 0) is 29.8 Å². The van der Waals surface area contributed by atoms with Crippen molar-refractivity contribution in [2.45, 2.75) is 6.42 Å². The minimum absolute atomic E-state index is 0.133. The van der Waals surface area contributed by atoms with Gasteiger partial charge >= 0.3 is 0 Å². The lowest BCUT2D eigenvalue weighted by atomic mass is 10.1. The molecule has 0 fully saturated rings. The first-order valence-corrected chi connectivity index (χ1v) is 7.09. The fourth-order valence-corrected chi connectivity index (χ4v) is 2.19. The van der Waals surface area contributed by atoms with Crippen LogP contribution in [0.4, 0.5) is 5.69 Å². The maximum atomic E-state index is 11.9. The first-order chi connectivity index (χ1) is 9.06. The molecule has 2 aromatic carbocycles. The number of rotatable bonds is 3. The Hall–Kier alpha value is -1.03. The third-order valence-corrected chi connectivity index (χ3v) is 3.85. The fourth-order valence-electron chi connectivity index (χ4n) is 1.58. The van der Waals surface area contributed by atoms with Crippen LogP contribution in [0.15, 0.2) is 46.9 Å². The molecule has 0 bridgehead atoms. The van der Waals surface area contributed by atoms with Gasteiger partial charge in [0.05, 0.1) is 22.2 Å². The molecule has 0 heterocycles. The third-order valence-electron chi connectivity index (χ3n) is 2.50. The van der Waals surface area contributed by atoms with Gasteiger partial charge < -0.3 is 5.32 Å². The van der Waals surface area contributed by atoms with E-state index in [1.165, 1.54) is 0 Å². The van der Waals surface area contributed by atoms with Crippen LogP contribution in [-0.2, 0) is 11.2 Å². The summed E-state index contributed by atoms with van der Waals surface area (Å²) in [4.78, 5) is 11.9. The summed E-state index contributed by atoms with van der Waals surface area (Å²) in [5.74, 6) is -0.133. The van der Waals surface area contributed by atoms with E-state index in [0.717, 1.165) is 10.0 Å². The molecule has 0 aromatic heterocycles. The molecule has 2 nitrogen and oxygen atoms in total. The number of anilines is 1. The SMILES string of the molecule is O=C(Cc1ccc(Br)cc1)Nc1cccc(Cl)c1Cl. The van der Waals surface area contributed by atoms with Crippen molar-refractivity contribution in [1.29, 1.82) is 0 Å². The van der Waals surface area contributed by atoms with Crippen molar-refractivity contribution >= 4 is 50.7 Å². The van der Waals surface area contributed by atoms with Gasteiger partial charge in [0.25, 0.3) is 0 Å². The molecule has 0 aliphatic heterocycles. The van der Waals surface area contributed by atoms with Crippen LogP contribution in [0.1, 0.15) is 5.56 Å². The van der Waals surface area contributed by atoms with E-state index in [1.807, 2.05) is 24.3 Å². The maximum Gasteiger partial charge on any atom is 0.228 e. The van der Waals surface area contributed by atoms with Gasteiger partial charge in [-0.25, -0.2) is 0 Å². The molecule has 1 N–H and O–H groups in total. The summed E-state index contributed by atoms with van der Waals surface area (Å²) in [7, 11) is 0. The molecule has 19 heavy (non-hydrogen) atoms. The van der Waals surface area contributed by atoms with Gasteiger partial charge in [-0.15, -0.1) is 0 Å². The second kappa shape index (κ2) is 6.42. The van der Waals surface area contributed by atoms with E-state index < -0.39 is 0 Å². The Morgan fingerprint density at radius 3 is 2.47 bits per heavy atom. The molecule has 0 radical (unpaired) electrons. The van der Waals surface area contributed by atoms with Crippen LogP contribution in [0.25, 0.3) is 0 Å². The highest BCUT2D eigenvalue weighted by Crippen LogP contribution is 2.29. The lowest BCUT2D eigenvalue weighted by Crippen LogP contribution is -2.14. The topological polar surface area (TPSA) is 29.1 Å². The number of amides is 1. The quantitative estimate of drug-likeness (QED) is 0.827. The van der Waals surface area contributed by atoms with Crippen molar-refractivity contribution < 1.29 is 4.79 Å². The van der Waals surface area contributed by atoms with Crippen LogP contribution in [0.2, 0.25) is 10.0 Å². The van der Waals surface area contributed by atoms with Crippen molar-refractivity contribution in [3.05, 3.63) is 62.5 Å². The first kappa shape index (κ1) is 14.4. The van der Waals surface area contributed by atoms with Crippen LogP contribution in [0.3, 0.4) is 0 Å². The second-order valence-corrected chi connectivity index (χ2v) is 5.65. The zero-order valence-corrected chi connectivity index (χ0v) is 12.9. The van der Waals surface area contributed by atoms with Crippen molar-refractivity contribution in [2.24, 2.45) is 0 Å². The van der Waals surface area contributed by atoms with E-state index in [2.05, 4.69) is 21.2 Å². The molecular weight excluding hydrogens is 349 g/mol. The highest BCUT2D eigenvalue weighted by atomic mass is 79.9. The van der Waals surface area contributed by atoms with Gasteiger partial charge in [0.15, 0.2) is 0 Å². The summed E-state index contributed by atoms with van der Waals surface area (Å²) in [5.41, 5.74) is 1.45. The van der Waals surface area contributed by atoms with Gasteiger partial charge in [0.2, 0.25) is 5.91 Å². The van der Waals surface area contributed by atoms with Crippen LogP contribution in [0.5, 0.6) is 0 Å². The van der Waals surface area contributed by atoms with E-state index in [1.54, 1.807) is 18.2 Å². The van der Waals surface area contributed by atoms with E-state index >= 15 is 0 Å². The number of carbonyl (C=O) groups excluding carboxylic acids is 1. The first-order valence-electron chi connectivity index (χ1n) is 5.54. The van der Waals surface area contributed by atoms with E-state index in [-0.39, 0.29) is 12.3 Å². The summed E-state index contributed by atoms with van der Waals surface area (Å²) >= 11 is 15.2. The Labute approximate surface area is 129 Å². The Balaban J connectivity index is 2.05. The Morgan fingerprint density at radius 2 is 1.79 bits per heavy atom. The molecule has 0 aliphatic rings. The molecule has 98 valence electrons. The largest absolute Gasteiger partial charge is 0.324 e. The molecule has 0 spiro atoms. The number of carbonyl (C=O) groups is 1. The predicted molar refractivity (Wildman–Crippen MR) is 82.9 cm³/mol. The van der Waals surface area contributed by atoms with Crippen LogP contribution in [-0.4, -0.2) is 5.91 Å². The smallest absolute Gasteiger partial charge is 0.228 e. The molecular formula is C14H10BrCl2NO. The summed E-state index contributed by atoms with van der Waals surface area (Å²) in [6, 6.07) is 12.7. The van der Waals surface area contributed by atoms with E-state index in [9.17, 15) is 4.79 Å². The molecule has 5 heteroatoms. The molecule has 0 saturated heterocycles. The highest BCUT2D eigenvalue weighted by molar-refractivity contribution is 9.10. The lowest BCUT2D eigenvalue weighted by Gasteiger charge is -2.08.